The Bertz CT molecular complexity index is 728. The molecule has 3 nitrogen and oxygen atoms in total. The van der Waals surface area contributed by atoms with Gasteiger partial charge in [0.2, 0.25) is 0 Å². The molecule has 0 radical (unpaired) electrons. The van der Waals surface area contributed by atoms with E-state index in [1.807, 2.05) is 41.7 Å². The number of aliphatic hydroxyl groups excluding tert-OH is 1. The molecular formula is C20H24O3S3. The van der Waals surface area contributed by atoms with E-state index in [4.69, 9.17) is 9.47 Å². The van der Waals surface area contributed by atoms with Crippen LogP contribution in [0, 0.1) is 0 Å². The zero-order valence-electron chi connectivity index (χ0n) is 15.2. The third kappa shape index (κ3) is 3.84. The highest BCUT2D eigenvalue weighted by Crippen LogP contribution is 2.57. The van der Waals surface area contributed by atoms with Crippen molar-refractivity contribution < 1.29 is 14.6 Å². The average molecular weight is 409 g/mol. The Kier molecular flexibility index (Phi) is 6.72. The Hall–Kier alpha value is -0.950. The van der Waals surface area contributed by atoms with Gasteiger partial charge in [0.25, 0.3) is 0 Å². The van der Waals surface area contributed by atoms with Crippen LogP contribution >= 0.6 is 35.3 Å². The minimum Gasteiger partial charge on any atom is -0.493 e. The van der Waals surface area contributed by atoms with Crippen LogP contribution in [0.25, 0.3) is 0 Å². The molecule has 2 aromatic carbocycles. The van der Waals surface area contributed by atoms with Crippen LogP contribution in [0.15, 0.2) is 47.4 Å². The molecule has 1 atom stereocenters. The molecule has 6 heteroatoms. The van der Waals surface area contributed by atoms with Gasteiger partial charge in [0.1, 0.15) is 10.2 Å². The molecule has 0 bridgehead atoms. The molecule has 1 aliphatic heterocycles. The quantitative estimate of drug-likeness (QED) is 0.664. The van der Waals surface area contributed by atoms with E-state index in [2.05, 4.69) is 30.5 Å². The number of rotatable bonds is 6. The summed E-state index contributed by atoms with van der Waals surface area (Å²) in [5, 5.41) is 11.4. The largest absolute Gasteiger partial charge is 0.493 e. The predicted molar refractivity (Wildman–Crippen MR) is 114 cm³/mol. The molecule has 1 fully saturated rings. The van der Waals surface area contributed by atoms with Crippen molar-refractivity contribution in [1.29, 1.82) is 0 Å². The molecule has 26 heavy (non-hydrogen) atoms. The number of methoxy groups -OCH3 is 2. The summed E-state index contributed by atoms with van der Waals surface area (Å²) in [5.74, 6) is 3.40. The van der Waals surface area contributed by atoms with E-state index < -0.39 is 10.2 Å². The minimum atomic E-state index is -0.641. The third-order valence-corrected chi connectivity index (χ3v) is 8.71. The molecular weight excluding hydrogens is 384 g/mol. The Morgan fingerprint density at radius 3 is 2.23 bits per heavy atom. The Morgan fingerprint density at radius 1 is 1.00 bits per heavy atom. The fourth-order valence-corrected chi connectivity index (χ4v) is 6.90. The van der Waals surface area contributed by atoms with Crippen LogP contribution in [0.3, 0.4) is 0 Å². The van der Waals surface area contributed by atoms with E-state index in [-0.39, 0.29) is 0 Å². The van der Waals surface area contributed by atoms with E-state index in [0.29, 0.717) is 11.5 Å². The molecule has 0 spiro atoms. The molecule has 3 rings (SSSR count). The van der Waals surface area contributed by atoms with Crippen LogP contribution in [0.1, 0.15) is 23.7 Å². The molecule has 1 unspecified atom stereocenters. The molecule has 1 heterocycles. The first kappa shape index (κ1) is 19.8. The van der Waals surface area contributed by atoms with E-state index in [1.54, 1.807) is 26.0 Å². The highest BCUT2D eigenvalue weighted by Gasteiger charge is 2.43. The average Bonchev–Trinajstić information content (AvgIpc) is 2.73. The highest BCUT2D eigenvalue weighted by molar-refractivity contribution is 8.18. The van der Waals surface area contributed by atoms with Crippen molar-refractivity contribution in [2.24, 2.45) is 0 Å². The van der Waals surface area contributed by atoms with Crippen molar-refractivity contribution in [3.8, 4) is 11.5 Å². The van der Waals surface area contributed by atoms with Gasteiger partial charge in [0.15, 0.2) is 11.5 Å². The van der Waals surface area contributed by atoms with Crippen LogP contribution in [0.4, 0.5) is 0 Å². The van der Waals surface area contributed by atoms with E-state index >= 15 is 0 Å². The van der Waals surface area contributed by atoms with Gasteiger partial charge in [0.05, 0.1) is 14.2 Å². The first-order valence-electron chi connectivity index (χ1n) is 8.47. The zero-order valence-corrected chi connectivity index (χ0v) is 17.7. The van der Waals surface area contributed by atoms with Crippen LogP contribution in [0.2, 0.25) is 0 Å². The topological polar surface area (TPSA) is 38.7 Å². The molecule has 0 aliphatic carbocycles. The standard InChI is InChI=1S/C20H24O3S3/c1-22-17-10-5-14(13-18(17)23-2)19(21)20(25-11-4-12-26-20)15-6-8-16(24-3)9-7-15/h5-10,13,19,21H,4,11-12H2,1-3H3. The van der Waals surface area contributed by atoms with Crippen molar-refractivity contribution >= 4 is 35.3 Å². The van der Waals surface area contributed by atoms with Crippen LogP contribution < -0.4 is 9.47 Å². The lowest BCUT2D eigenvalue weighted by atomic mass is 9.99. The Balaban J connectivity index is 2.01. The molecule has 1 N–H and O–H groups in total. The lowest BCUT2D eigenvalue weighted by Gasteiger charge is -2.40. The van der Waals surface area contributed by atoms with Gasteiger partial charge >= 0.3 is 0 Å². The summed E-state index contributed by atoms with van der Waals surface area (Å²) in [6.07, 6.45) is 2.60. The summed E-state index contributed by atoms with van der Waals surface area (Å²) in [6.45, 7) is 0. The fourth-order valence-electron chi connectivity index (χ4n) is 3.10. The molecule has 140 valence electrons. The third-order valence-electron chi connectivity index (χ3n) is 4.50. The Morgan fingerprint density at radius 2 is 1.65 bits per heavy atom. The summed E-state index contributed by atoms with van der Waals surface area (Å²) in [7, 11) is 3.24. The van der Waals surface area contributed by atoms with Crippen molar-refractivity contribution in [3.05, 3.63) is 53.6 Å². The fraction of sp³-hybridized carbons (Fsp3) is 0.400. The SMILES string of the molecule is COc1ccc(C(O)C2(c3ccc(SC)cc3)SCCCS2)cc1OC. The van der Waals surface area contributed by atoms with E-state index in [9.17, 15) is 5.11 Å². The van der Waals surface area contributed by atoms with Crippen molar-refractivity contribution in [2.45, 2.75) is 21.5 Å². The van der Waals surface area contributed by atoms with Gasteiger partial charge in [-0.3, -0.25) is 0 Å². The highest BCUT2D eigenvalue weighted by atomic mass is 32.2. The van der Waals surface area contributed by atoms with Gasteiger partial charge in [-0.1, -0.05) is 18.2 Å². The minimum absolute atomic E-state index is 0.408. The molecule has 1 saturated heterocycles. The lowest BCUT2D eigenvalue weighted by Crippen LogP contribution is -2.30. The Labute approximate surface area is 168 Å². The zero-order chi connectivity index (χ0) is 18.6. The van der Waals surface area contributed by atoms with Gasteiger partial charge in [-0.15, -0.1) is 35.3 Å². The number of hydrogen-bond donors (Lipinski definition) is 1. The first-order valence-corrected chi connectivity index (χ1v) is 11.7. The summed E-state index contributed by atoms with van der Waals surface area (Å²) >= 11 is 5.41. The normalized spacial score (nSPS) is 17.5. The van der Waals surface area contributed by atoms with Gasteiger partial charge in [0, 0.05) is 4.90 Å². The number of hydrogen-bond acceptors (Lipinski definition) is 6. The maximum absolute atomic E-state index is 11.4. The van der Waals surface area contributed by atoms with E-state index in [0.717, 1.165) is 22.6 Å². The lowest BCUT2D eigenvalue weighted by molar-refractivity contribution is 0.162. The van der Waals surface area contributed by atoms with Crippen LogP contribution in [-0.4, -0.2) is 37.1 Å². The molecule has 2 aromatic rings. The smallest absolute Gasteiger partial charge is 0.161 e. The maximum atomic E-state index is 11.4. The summed E-state index contributed by atoms with van der Waals surface area (Å²) in [5.41, 5.74) is 2.01. The second-order valence-corrected chi connectivity index (χ2v) is 9.78. The summed E-state index contributed by atoms with van der Waals surface area (Å²) in [4.78, 5) is 1.23. The number of benzene rings is 2. The monoisotopic (exact) mass is 408 g/mol. The van der Waals surface area contributed by atoms with Gasteiger partial charge < -0.3 is 14.6 Å². The van der Waals surface area contributed by atoms with Gasteiger partial charge in [-0.25, -0.2) is 0 Å². The summed E-state index contributed by atoms with van der Waals surface area (Å²) < 4.78 is 10.4. The van der Waals surface area contributed by atoms with Gasteiger partial charge in [-0.2, -0.15) is 0 Å². The van der Waals surface area contributed by atoms with Crippen molar-refractivity contribution in [1.82, 2.24) is 0 Å². The number of ether oxygens (including phenoxy) is 2. The second-order valence-electron chi connectivity index (χ2n) is 5.96. The number of thioether (sulfide) groups is 3. The molecule has 0 amide bonds. The molecule has 0 aromatic heterocycles. The number of aliphatic hydroxyl groups is 1. The second kappa shape index (κ2) is 8.83. The van der Waals surface area contributed by atoms with Crippen LogP contribution in [-0.2, 0) is 4.08 Å². The first-order chi connectivity index (χ1) is 12.6. The van der Waals surface area contributed by atoms with Gasteiger partial charge in [-0.05, 0) is 59.6 Å². The van der Waals surface area contributed by atoms with Crippen molar-refractivity contribution in [2.75, 3.05) is 32.0 Å². The maximum Gasteiger partial charge on any atom is 0.161 e. The molecule has 0 saturated carbocycles. The van der Waals surface area contributed by atoms with Crippen molar-refractivity contribution in [3.63, 3.8) is 0 Å². The predicted octanol–water partition coefficient (Wildman–Crippen LogP) is 5.18. The molecule has 1 aliphatic rings. The summed E-state index contributed by atoms with van der Waals surface area (Å²) in [6, 6.07) is 14.3. The van der Waals surface area contributed by atoms with E-state index in [1.165, 1.54) is 11.3 Å². The van der Waals surface area contributed by atoms with Crippen LogP contribution in [0.5, 0.6) is 11.5 Å².